The fraction of sp³-hybridized carbons (Fsp3) is 0.0417. The molecule has 0 fully saturated rings. The number of para-hydroxylation sites is 1. The van der Waals surface area contributed by atoms with Gasteiger partial charge in [0.25, 0.3) is 11.5 Å². The molecule has 30 heavy (non-hydrogen) atoms. The van der Waals surface area contributed by atoms with Crippen LogP contribution in [0.1, 0.15) is 16.1 Å². The lowest BCUT2D eigenvalue weighted by molar-refractivity contribution is 0.102. The zero-order chi connectivity index (χ0) is 20.5. The first kappa shape index (κ1) is 17.9. The lowest BCUT2D eigenvalue weighted by Gasteiger charge is -2.08. The third-order valence-electron chi connectivity index (χ3n) is 4.91. The van der Waals surface area contributed by atoms with Crippen molar-refractivity contribution < 1.29 is 9.21 Å². The fourth-order valence-electron chi connectivity index (χ4n) is 3.44. The maximum absolute atomic E-state index is 12.8. The highest BCUT2D eigenvalue weighted by atomic mass is 16.3. The average Bonchev–Trinajstić information content (AvgIpc) is 3.14. The summed E-state index contributed by atoms with van der Waals surface area (Å²) in [7, 11) is 0. The largest absolute Gasteiger partial charge is 0.456 e. The molecule has 0 radical (unpaired) electrons. The normalized spacial score (nSPS) is 11.1. The van der Waals surface area contributed by atoms with E-state index in [1.54, 1.807) is 6.07 Å². The first-order chi connectivity index (χ1) is 14.7. The molecular weight excluding hydrogens is 378 g/mol. The van der Waals surface area contributed by atoms with Crippen molar-refractivity contribution in [1.82, 2.24) is 9.78 Å². The number of amides is 1. The van der Waals surface area contributed by atoms with Gasteiger partial charge in [0.05, 0.1) is 6.54 Å². The zero-order valence-corrected chi connectivity index (χ0v) is 15.9. The lowest BCUT2D eigenvalue weighted by atomic mass is 10.1. The summed E-state index contributed by atoms with van der Waals surface area (Å²) in [5.74, 6) is -0.385. The zero-order valence-electron chi connectivity index (χ0n) is 15.9. The van der Waals surface area contributed by atoms with E-state index in [0.717, 1.165) is 27.5 Å². The van der Waals surface area contributed by atoms with Crippen LogP contribution in [0.4, 0.5) is 5.69 Å². The molecular formula is C24H17N3O3. The van der Waals surface area contributed by atoms with Crippen LogP contribution >= 0.6 is 0 Å². The number of carbonyl (C=O) groups excluding carboxylic acids is 1. The van der Waals surface area contributed by atoms with Crippen LogP contribution in [-0.2, 0) is 6.54 Å². The van der Waals surface area contributed by atoms with Crippen LogP contribution in [0.3, 0.4) is 0 Å². The smallest absolute Gasteiger partial charge is 0.276 e. The number of benzene rings is 3. The first-order valence-electron chi connectivity index (χ1n) is 9.52. The second-order valence-electron chi connectivity index (χ2n) is 6.96. The molecule has 3 aromatic carbocycles. The highest BCUT2D eigenvalue weighted by Crippen LogP contribution is 2.30. The molecule has 0 aliphatic rings. The predicted molar refractivity (Wildman–Crippen MR) is 116 cm³/mol. The van der Waals surface area contributed by atoms with Crippen molar-refractivity contribution in [3.05, 3.63) is 107 Å². The molecule has 6 nitrogen and oxygen atoms in total. The van der Waals surface area contributed by atoms with Gasteiger partial charge in [0.15, 0.2) is 0 Å². The van der Waals surface area contributed by atoms with Crippen LogP contribution in [0.25, 0.3) is 21.9 Å². The third kappa shape index (κ3) is 3.35. The molecule has 2 heterocycles. The van der Waals surface area contributed by atoms with E-state index >= 15 is 0 Å². The van der Waals surface area contributed by atoms with Gasteiger partial charge >= 0.3 is 0 Å². The Labute approximate surface area is 171 Å². The summed E-state index contributed by atoms with van der Waals surface area (Å²) >= 11 is 0. The topological polar surface area (TPSA) is 77.1 Å². The van der Waals surface area contributed by atoms with E-state index in [1.165, 1.54) is 16.8 Å². The predicted octanol–water partition coefficient (Wildman–Crippen LogP) is 4.44. The minimum atomic E-state index is -0.385. The van der Waals surface area contributed by atoms with Crippen molar-refractivity contribution in [2.75, 3.05) is 5.32 Å². The number of nitrogens with one attached hydrogen (secondary N) is 1. The summed E-state index contributed by atoms with van der Waals surface area (Å²) < 4.78 is 7.11. The van der Waals surface area contributed by atoms with Gasteiger partial charge in [0.2, 0.25) is 0 Å². The van der Waals surface area contributed by atoms with E-state index in [9.17, 15) is 9.59 Å². The van der Waals surface area contributed by atoms with Crippen molar-refractivity contribution in [2.45, 2.75) is 6.54 Å². The van der Waals surface area contributed by atoms with Crippen molar-refractivity contribution in [3.63, 3.8) is 0 Å². The van der Waals surface area contributed by atoms with Gasteiger partial charge in [-0.05, 0) is 35.9 Å². The Morgan fingerprint density at radius 3 is 2.50 bits per heavy atom. The fourth-order valence-corrected chi connectivity index (χ4v) is 3.44. The number of fused-ring (bicyclic) bond motifs is 3. The van der Waals surface area contributed by atoms with Gasteiger partial charge in [-0.2, -0.15) is 5.10 Å². The Kier molecular flexibility index (Phi) is 4.37. The molecule has 6 heteroatoms. The molecule has 5 rings (SSSR count). The van der Waals surface area contributed by atoms with Crippen LogP contribution < -0.4 is 10.9 Å². The SMILES string of the molecule is O=C(Nc1ccc2oc3ccccc3c2c1)c1ccc(=O)n(Cc2ccccc2)n1. The van der Waals surface area contributed by atoms with Gasteiger partial charge in [-0.1, -0.05) is 48.5 Å². The number of nitrogens with zero attached hydrogens (tertiary/aromatic N) is 2. The first-order valence-corrected chi connectivity index (χ1v) is 9.52. The summed E-state index contributed by atoms with van der Waals surface area (Å²) in [5, 5.41) is 9.00. The second kappa shape index (κ2) is 7.33. The number of rotatable bonds is 4. The molecule has 0 unspecified atom stereocenters. The summed E-state index contributed by atoms with van der Waals surface area (Å²) in [6, 6.07) is 25.5. The molecule has 5 aromatic rings. The van der Waals surface area contributed by atoms with E-state index in [4.69, 9.17) is 4.42 Å². The van der Waals surface area contributed by atoms with E-state index < -0.39 is 0 Å². The number of hydrogen-bond donors (Lipinski definition) is 1. The van der Waals surface area contributed by atoms with Crippen molar-refractivity contribution in [3.8, 4) is 0 Å². The molecule has 1 N–H and O–H groups in total. The molecule has 0 saturated heterocycles. The van der Waals surface area contributed by atoms with Gasteiger partial charge in [-0.25, -0.2) is 4.68 Å². The minimum Gasteiger partial charge on any atom is -0.456 e. The number of carbonyl (C=O) groups is 1. The molecule has 0 saturated carbocycles. The molecule has 0 bridgehead atoms. The Balaban J connectivity index is 1.43. The van der Waals surface area contributed by atoms with Gasteiger partial charge in [-0.3, -0.25) is 9.59 Å². The minimum absolute atomic E-state index is 0.169. The van der Waals surface area contributed by atoms with E-state index in [-0.39, 0.29) is 17.2 Å². The summed E-state index contributed by atoms with van der Waals surface area (Å²) in [6.45, 7) is 0.299. The van der Waals surface area contributed by atoms with Crippen molar-refractivity contribution in [2.24, 2.45) is 0 Å². The third-order valence-corrected chi connectivity index (χ3v) is 4.91. The quantitative estimate of drug-likeness (QED) is 0.488. The lowest BCUT2D eigenvalue weighted by Crippen LogP contribution is -2.26. The Hall–Kier alpha value is -4.19. The molecule has 146 valence electrons. The van der Waals surface area contributed by atoms with E-state index in [1.807, 2.05) is 66.7 Å². The second-order valence-corrected chi connectivity index (χ2v) is 6.96. The molecule has 0 spiro atoms. The van der Waals surface area contributed by atoms with Gasteiger partial charge < -0.3 is 9.73 Å². The summed E-state index contributed by atoms with van der Waals surface area (Å²) in [6.07, 6.45) is 0. The highest BCUT2D eigenvalue weighted by molar-refractivity contribution is 6.08. The standard InChI is InChI=1S/C24H17N3O3/c28-23-13-11-20(26-27(23)15-16-6-2-1-3-7-16)24(29)25-17-10-12-22-19(14-17)18-8-4-5-9-21(18)30-22/h1-14H,15H2,(H,25,29). The Bertz CT molecular complexity index is 1430. The van der Waals surface area contributed by atoms with E-state index in [0.29, 0.717) is 12.2 Å². The molecule has 0 aliphatic carbocycles. The highest BCUT2D eigenvalue weighted by Gasteiger charge is 2.12. The Morgan fingerprint density at radius 2 is 1.63 bits per heavy atom. The van der Waals surface area contributed by atoms with Crippen LogP contribution in [0.5, 0.6) is 0 Å². The van der Waals surface area contributed by atoms with Crippen LogP contribution in [-0.4, -0.2) is 15.7 Å². The van der Waals surface area contributed by atoms with E-state index in [2.05, 4.69) is 10.4 Å². The average molecular weight is 395 g/mol. The molecule has 0 aliphatic heterocycles. The van der Waals surface area contributed by atoms with Gasteiger partial charge in [0.1, 0.15) is 16.9 Å². The number of hydrogen-bond acceptors (Lipinski definition) is 4. The van der Waals surface area contributed by atoms with Crippen LogP contribution in [0.15, 0.2) is 94.1 Å². The van der Waals surface area contributed by atoms with Gasteiger partial charge in [-0.15, -0.1) is 0 Å². The molecule has 2 aromatic heterocycles. The van der Waals surface area contributed by atoms with Crippen molar-refractivity contribution >= 4 is 33.5 Å². The van der Waals surface area contributed by atoms with Crippen LogP contribution in [0, 0.1) is 0 Å². The maximum Gasteiger partial charge on any atom is 0.276 e. The summed E-state index contributed by atoms with van der Waals surface area (Å²) in [5.41, 5.74) is 3.02. The Morgan fingerprint density at radius 1 is 0.867 bits per heavy atom. The molecule has 1 amide bonds. The van der Waals surface area contributed by atoms with Crippen LogP contribution in [0.2, 0.25) is 0 Å². The number of furan rings is 1. The van der Waals surface area contributed by atoms with Crippen molar-refractivity contribution in [1.29, 1.82) is 0 Å². The maximum atomic E-state index is 12.8. The summed E-state index contributed by atoms with van der Waals surface area (Å²) in [4.78, 5) is 24.9. The van der Waals surface area contributed by atoms with Gasteiger partial charge in [0, 0.05) is 22.5 Å². The monoisotopic (exact) mass is 395 g/mol. The number of anilines is 1. The number of aromatic nitrogens is 2. The molecule has 0 atom stereocenters.